The zero-order valence-corrected chi connectivity index (χ0v) is 8.03. The predicted molar refractivity (Wildman–Crippen MR) is 49.9 cm³/mol. The Morgan fingerprint density at radius 1 is 1.79 bits per heavy atom. The number of carbonyl (C=O) groups is 1. The number of carbonyl (C=O) groups excluding carboxylic acids is 1. The van der Waals surface area contributed by atoms with Gasteiger partial charge in [-0.2, -0.15) is 0 Å². The minimum absolute atomic E-state index is 0.192. The van der Waals surface area contributed by atoms with E-state index in [0.717, 1.165) is 19.5 Å². The van der Waals surface area contributed by atoms with Crippen LogP contribution in [0.5, 0.6) is 0 Å². The fourth-order valence-corrected chi connectivity index (χ4v) is 1.55. The number of hydrogen-bond acceptors (Lipinski definition) is 4. The summed E-state index contributed by atoms with van der Waals surface area (Å²) in [4.78, 5) is 11.2. The first-order valence-corrected chi connectivity index (χ1v) is 4.66. The Morgan fingerprint density at radius 2 is 2.64 bits per heavy atom. The molecule has 0 bridgehead atoms. The molecule has 0 radical (unpaired) electrons. The monoisotopic (exact) mass is 195 g/mol. The predicted octanol–water partition coefficient (Wildman–Crippen LogP) is -0.828. The first-order valence-electron chi connectivity index (χ1n) is 4.66. The molecule has 1 atom stereocenters. The third-order valence-electron chi connectivity index (χ3n) is 2.38. The Balaban J connectivity index is 2.12. The quantitative estimate of drug-likeness (QED) is 0.646. The van der Waals surface area contributed by atoms with Gasteiger partial charge >= 0.3 is 0 Å². The molecule has 1 aliphatic heterocycles. The van der Waals surface area contributed by atoms with Crippen molar-refractivity contribution in [3.8, 4) is 0 Å². The van der Waals surface area contributed by atoms with Gasteiger partial charge in [-0.15, -0.1) is 5.10 Å². The van der Waals surface area contributed by atoms with Gasteiger partial charge in [0.25, 0.3) is 5.91 Å². The van der Waals surface area contributed by atoms with Crippen LogP contribution in [0, 0.1) is 0 Å². The molecule has 6 heteroatoms. The molecule has 14 heavy (non-hydrogen) atoms. The van der Waals surface area contributed by atoms with E-state index >= 15 is 0 Å². The molecule has 6 nitrogen and oxygen atoms in total. The second kappa shape index (κ2) is 3.75. The first kappa shape index (κ1) is 9.14. The van der Waals surface area contributed by atoms with Gasteiger partial charge in [-0.3, -0.25) is 4.79 Å². The van der Waals surface area contributed by atoms with Crippen molar-refractivity contribution in [2.24, 2.45) is 0 Å². The Bertz CT molecular complexity index is 328. The number of rotatable bonds is 2. The van der Waals surface area contributed by atoms with Gasteiger partial charge in [-0.1, -0.05) is 5.21 Å². The Morgan fingerprint density at radius 3 is 3.29 bits per heavy atom. The average molecular weight is 195 g/mol. The number of aromatic nitrogens is 3. The molecule has 76 valence electrons. The molecule has 1 aliphatic rings. The third kappa shape index (κ3) is 1.60. The summed E-state index contributed by atoms with van der Waals surface area (Å²) in [6, 6.07) is 0.334. The molecule has 2 rings (SSSR count). The van der Waals surface area contributed by atoms with Crippen LogP contribution in [0.1, 0.15) is 23.0 Å². The first-order chi connectivity index (χ1) is 6.81. The van der Waals surface area contributed by atoms with Crippen molar-refractivity contribution in [1.82, 2.24) is 25.6 Å². The van der Waals surface area contributed by atoms with Crippen LogP contribution in [-0.4, -0.2) is 41.0 Å². The molecular formula is C8H13N5O. The number of nitrogens with one attached hydrogen (secondary N) is 2. The summed E-state index contributed by atoms with van der Waals surface area (Å²) in [6.07, 6.45) is 2.73. The maximum atomic E-state index is 11.2. The van der Waals surface area contributed by atoms with Gasteiger partial charge in [0.1, 0.15) is 0 Å². The van der Waals surface area contributed by atoms with Crippen LogP contribution in [0.3, 0.4) is 0 Å². The molecule has 1 aromatic heterocycles. The summed E-state index contributed by atoms with van der Waals surface area (Å²) in [6.45, 7) is 1.90. The van der Waals surface area contributed by atoms with E-state index in [0.29, 0.717) is 11.7 Å². The van der Waals surface area contributed by atoms with Crippen molar-refractivity contribution >= 4 is 5.91 Å². The number of amides is 1. The van der Waals surface area contributed by atoms with E-state index < -0.39 is 0 Å². The second-order valence-electron chi connectivity index (χ2n) is 3.31. The largest absolute Gasteiger partial charge is 0.354 e. The molecule has 2 N–H and O–H groups in total. The van der Waals surface area contributed by atoms with Crippen molar-refractivity contribution in [2.45, 2.75) is 12.5 Å². The fraction of sp³-hybridized carbons (Fsp3) is 0.625. The molecule has 0 aromatic carbocycles. The molecule has 2 heterocycles. The normalized spacial score (nSPS) is 21.1. The molecule has 0 saturated carbocycles. The van der Waals surface area contributed by atoms with Crippen LogP contribution < -0.4 is 10.6 Å². The standard InChI is InChI=1S/C8H13N5O/c1-9-8(14)7-5-13(12-11-7)6-2-3-10-4-6/h5-6,10H,2-4H2,1H3,(H,9,14)/t6-/m1/s1. The lowest BCUT2D eigenvalue weighted by Gasteiger charge is -2.05. The van der Waals surface area contributed by atoms with E-state index in [2.05, 4.69) is 20.9 Å². The van der Waals surface area contributed by atoms with Gasteiger partial charge in [0.2, 0.25) is 0 Å². The highest BCUT2D eigenvalue weighted by atomic mass is 16.1. The average Bonchev–Trinajstić information content (AvgIpc) is 2.86. The van der Waals surface area contributed by atoms with Crippen LogP contribution in [0.15, 0.2) is 6.20 Å². The van der Waals surface area contributed by atoms with Crippen molar-refractivity contribution in [2.75, 3.05) is 20.1 Å². The van der Waals surface area contributed by atoms with Crippen LogP contribution in [0.2, 0.25) is 0 Å². The Labute approximate surface area is 81.7 Å². The smallest absolute Gasteiger partial charge is 0.273 e. The highest BCUT2D eigenvalue weighted by Gasteiger charge is 2.19. The highest BCUT2D eigenvalue weighted by molar-refractivity contribution is 5.91. The molecule has 1 fully saturated rings. The van der Waals surface area contributed by atoms with Gasteiger partial charge in [0.15, 0.2) is 5.69 Å². The van der Waals surface area contributed by atoms with Crippen LogP contribution in [0.4, 0.5) is 0 Å². The lowest BCUT2D eigenvalue weighted by Crippen LogP contribution is -2.18. The van der Waals surface area contributed by atoms with Crippen LogP contribution in [-0.2, 0) is 0 Å². The third-order valence-corrected chi connectivity index (χ3v) is 2.38. The highest BCUT2D eigenvalue weighted by Crippen LogP contribution is 2.13. The van der Waals surface area contributed by atoms with Crippen molar-refractivity contribution in [3.63, 3.8) is 0 Å². The van der Waals surface area contributed by atoms with Crippen molar-refractivity contribution < 1.29 is 4.79 Å². The zero-order valence-electron chi connectivity index (χ0n) is 8.03. The summed E-state index contributed by atoms with van der Waals surface area (Å²) < 4.78 is 1.75. The van der Waals surface area contributed by atoms with Gasteiger partial charge < -0.3 is 10.6 Å². The second-order valence-corrected chi connectivity index (χ2v) is 3.31. The Hall–Kier alpha value is -1.43. The van der Waals surface area contributed by atoms with Crippen LogP contribution in [0.25, 0.3) is 0 Å². The van der Waals surface area contributed by atoms with E-state index in [1.807, 2.05) is 0 Å². The van der Waals surface area contributed by atoms with Crippen LogP contribution >= 0.6 is 0 Å². The molecule has 1 saturated heterocycles. The number of hydrogen-bond donors (Lipinski definition) is 2. The van der Waals surface area contributed by atoms with Gasteiger partial charge in [0, 0.05) is 13.6 Å². The molecular weight excluding hydrogens is 182 g/mol. The lowest BCUT2D eigenvalue weighted by molar-refractivity contribution is 0.0958. The molecule has 0 aliphatic carbocycles. The van der Waals surface area contributed by atoms with Gasteiger partial charge in [0.05, 0.1) is 12.2 Å². The van der Waals surface area contributed by atoms with E-state index in [4.69, 9.17) is 0 Å². The van der Waals surface area contributed by atoms with Crippen molar-refractivity contribution in [3.05, 3.63) is 11.9 Å². The summed E-state index contributed by atoms with van der Waals surface area (Å²) in [5, 5.41) is 13.5. The lowest BCUT2D eigenvalue weighted by atomic mass is 10.3. The molecule has 0 unspecified atom stereocenters. The van der Waals surface area contributed by atoms with E-state index in [9.17, 15) is 4.79 Å². The summed E-state index contributed by atoms with van der Waals surface area (Å²) in [5.74, 6) is -0.192. The minimum Gasteiger partial charge on any atom is -0.354 e. The molecule has 1 amide bonds. The fourth-order valence-electron chi connectivity index (χ4n) is 1.55. The summed E-state index contributed by atoms with van der Waals surface area (Å²) in [5.41, 5.74) is 0.374. The van der Waals surface area contributed by atoms with E-state index in [-0.39, 0.29) is 5.91 Å². The molecule has 0 spiro atoms. The zero-order chi connectivity index (χ0) is 9.97. The molecule has 1 aromatic rings. The topological polar surface area (TPSA) is 71.8 Å². The van der Waals surface area contributed by atoms with Gasteiger partial charge in [-0.05, 0) is 13.0 Å². The van der Waals surface area contributed by atoms with E-state index in [1.165, 1.54) is 0 Å². The summed E-state index contributed by atoms with van der Waals surface area (Å²) >= 11 is 0. The van der Waals surface area contributed by atoms with Crippen molar-refractivity contribution in [1.29, 1.82) is 0 Å². The maximum Gasteiger partial charge on any atom is 0.273 e. The van der Waals surface area contributed by atoms with Gasteiger partial charge in [-0.25, -0.2) is 4.68 Å². The summed E-state index contributed by atoms with van der Waals surface area (Å²) in [7, 11) is 1.58. The van der Waals surface area contributed by atoms with E-state index in [1.54, 1.807) is 17.9 Å². The Kier molecular flexibility index (Phi) is 2.45. The minimum atomic E-state index is -0.192. The maximum absolute atomic E-state index is 11.2. The SMILES string of the molecule is CNC(=O)c1cn([C@@H]2CCNC2)nn1. The number of nitrogens with zero attached hydrogens (tertiary/aromatic N) is 3.